The van der Waals surface area contributed by atoms with Crippen LogP contribution in [0, 0.1) is 0 Å². The molecule has 2 saturated heterocycles. The number of aromatic nitrogens is 2. The van der Waals surface area contributed by atoms with Crippen LogP contribution < -0.4 is 20.9 Å². The van der Waals surface area contributed by atoms with Crippen LogP contribution in [0.1, 0.15) is 58.2 Å². The van der Waals surface area contributed by atoms with E-state index in [0.29, 0.717) is 17.9 Å². The zero-order valence-electron chi connectivity index (χ0n) is 21.2. The summed E-state index contributed by atoms with van der Waals surface area (Å²) < 4.78 is 0. The Morgan fingerprint density at radius 3 is 2.64 bits per heavy atom. The van der Waals surface area contributed by atoms with Crippen molar-refractivity contribution >= 4 is 35.2 Å². The van der Waals surface area contributed by atoms with Gasteiger partial charge in [0.2, 0.25) is 11.9 Å². The number of imide groups is 1. The van der Waals surface area contributed by atoms with Crippen molar-refractivity contribution in [3.8, 4) is 0 Å². The minimum Gasteiger partial charge on any atom is -0.368 e. The second-order valence-corrected chi connectivity index (χ2v) is 11.0. The fourth-order valence-corrected chi connectivity index (χ4v) is 5.46. The lowest BCUT2D eigenvalue weighted by Crippen LogP contribution is -2.49. The van der Waals surface area contributed by atoms with Crippen molar-refractivity contribution in [2.75, 3.05) is 28.6 Å². The first kappa shape index (κ1) is 24.2. The summed E-state index contributed by atoms with van der Waals surface area (Å²) in [6, 6.07) is 6.56. The molecule has 0 aliphatic carbocycles. The van der Waals surface area contributed by atoms with Gasteiger partial charge in [0.25, 0.3) is 5.91 Å². The summed E-state index contributed by atoms with van der Waals surface area (Å²) in [5, 5.41) is 3.35. The molecule has 1 atom stereocenters. The van der Waals surface area contributed by atoms with Crippen molar-refractivity contribution in [3.05, 3.63) is 41.7 Å². The summed E-state index contributed by atoms with van der Waals surface area (Å²) in [4.78, 5) is 53.2. The van der Waals surface area contributed by atoms with Gasteiger partial charge in [-0.25, -0.2) is 19.7 Å². The lowest BCUT2D eigenvalue weighted by molar-refractivity contribution is -0.123. The molecule has 0 bridgehead atoms. The second-order valence-electron chi connectivity index (χ2n) is 11.0. The summed E-state index contributed by atoms with van der Waals surface area (Å²) in [6.45, 7) is 9.17. The van der Waals surface area contributed by atoms with Gasteiger partial charge in [-0.1, -0.05) is 26.3 Å². The fraction of sp³-hybridized carbons (Fsp3) is 0.500. The van der Waals surface area contributed by atoms with Gasteiger partial charge in [-0.2, -0.15) is 0 Å². The summed E-state index contributed by atoms with van der Waals surface area (Å²) in [7, 11) is 0. The molecule has 190 valence electrons. The number of carbonyl (C=O) groups is 3. The molecule has 3 N–H and O–H groups in total. The van der Waals surface area contributed by atoms with Gasteiger partial charge in [0.1, 0.15) is 5.54 Å². The van der Waals surface area contributed by atoms with Crippen LogP contribution in [-0.4, -0.2) is 57.4 Å². The van der Waals surface area contributed by atoms with E-state index in [0.717, 1.165) is 37.1 Å². The number of benzene rings is 1. The molecule has 0 radical (unpaired) electrons. The highest BCUT2D eigenvalue weighted by Crippen LogP contribution is 2.44. The maximum absolute atomic E-state index is 13.6. The second kappa shape index (κ2) is 8.55. The normalized spacial score (nSPS) is 22.8. The standard InChI is InChI=1S/C26H33N7O3/c1-25(2)15-31(21(34)19-7-5-6-11-28-19)20-13-17(8-9-18(20)25)33-22(35)26(3,4)32(24(33)36)14-16-10-12-29-23(27)30-16/h8-10,12-13,19,28H,5-7,11,14-15H2,1-4H3,(H2,27,29,30)/t19-/m0/s1. The zero-order valence-corrected chi connectivity index (χ0v) is 21.2. The Balaban J connectivity index is 1.48. The quantitative estimate of drug-likeness (QED) is 0.630. The number of hydrogen-bond donors (Lipinski definition) is 2. The molecule has 1 aromatic heterocycles. The van der Waals surface area contributed by atoms with E-state index in [1.807, 2.05) is 17.0 Å². The molecule has 3 aliphatic heterocycles. The van der Waals surface area contributed by atoms with E-state index in [1.165, 1.54) is 16.0 Å². The number of fused-ring (bicyclic) bond motifs is 1. The van der Waals surface area contributed by atoms with Gasteiger partial charge in [0, 0.05) is 23.8 Å². The zero-order chi connectivity index (χ0) is 25.8. The molecular formula is C26H33N7O3. The number of nitrogen functional groups attached to an aromatic ring is 1. The average Bonchev–Trinajstić information content (AvgIpc) is 3.21. The van der Waals surface area contributed by atoms with Crippen LogP contribution in [0.4, 0.5) is 22.1 Å². The van der Waals surface area contributed by atoms with Crippen LogP contribution in [0.3, 0.4) is 0 Å². The molecular weight excluding hydrogens is 458 g/mol. The van der Waals surface area contributed by atoms with Crippen LogP contribution in [0.15, 0.2) is 30.5 Å². The van der Waals surface area contributed by atoms with Gasteiger partial charge in [-0.3, -0.25) is 9.59 Å². The number of piperidine rings is 1. The summed E-state index contributed by atoms with van der Waals surface area (Å²) in [5.74, 6) is -0.182. The molecule has 4 amide bonds. The topological polar surface area (TPSA) is 125 Å². The number of anilines is 3. The minimum atomic E-state index is -1.09. The van der Waals surface area contributed by atoms with Crippen LogP contribution in [0.25, 0.3) is 0 Å². The van der Waals surface area contributed by atoms with Crippen molar-refractivity contribution in [1.29, 1.82) is 0 Å². The highest BCUT2D eigenvalue weighted by molar-refractivity contribution is 6.23. The van der Waals surface area contributed by atoms with Gasteiger partial charge < -0.3 is 20.9 Å². The Kier molecular flexibility index (Phi) is 5.74. The largest absolute Gasteiger partial charge is 0.368 e. The molecule has 5 rings (SSSR count). The lowest BCUT2D eigenvalue weighted by Gasteiger charge is -2.29. The van der Waals surface area contributed by atoms with Crippen molar-refractivity contribution in [2.45, 2.75) is 70.5 Å². The van der Waals surface area contributed by atoms with E-state index in [4.69, 9.17) is 5.73 Å². The number of nitrogens with one attached hydrogen (secondary N) is 1. The molecule has 0 unspecified atom stereocenters. The van der Waals surface area contributed by atoms with Crippen molar-refractivity contribution in [3.63, 3.8) is 0 Å². The van der Waals surface area contributed by atoms with Gasteiger partial charge >= 0.3 is 6.03 Å². The molecule has 0 spiro atoms. The summed E-state index contributed by atoms with van der Waals surface area (Å²) >= 11 is 0. The monoisotopic (exact) mass is 491 g/mol. The van der Waals surface area contributed by atoms with Gasteiger partial charge in [-0.05, 0) is 57.0 Å². The SMILES string of the molecule is CC1(C)CN(C(=O)[C@@H]2CCCCN2)c2cc(N3C(=O)N(Cc4ccnc(N)n4)C(C)(C)C3=O)ccc21. The highest BCUT2D eigenvalue weighted by atomic mass is 16.2. The average molecular weight is 492 g/mol. The number of nitrogens with two attached hydrogens (primary N) is 1. The molecule has 2 aromatic rings. The van der Waals surface area contributed by atoms with Gasteiger partial charge in [0.05, 0.1) is 24.0 Å². The lowest BCUT2D eigenvalue weighted by atomic mass is 9.87. The van der Waals surface area contributed by atoms with Crippen molar-refractivity contribution in [2.24, 2.45) is 0 Å². The Morgan fingerprint density at radius 2 is 1.94 bits per heavy atom. The van der Waals surface area contributed by atoms with Crippen LogP contribution in [0.2, 0.25) is 0 Å². The molecule has 1 aromatic carbocycles. The third-order valence-electron chi connectivity index (χ3n) is 7.56. The number of urea groups is 1. The predicted octanol–water partition coefficient (Wildman–Crippen LogP) is 2.57. The molecule has 10 heteroatoms. The minimum absolute atomic E-state index is 0.0426. The molecule has 36 heavy (non-hydrogen) atoms. The Bertz CT molecular complexity index is 1240. The van der Waals surface area contributed by atoms with Gasteiger partial charge in [-0.15, -0.1) is 0 Å². The van der Waals surface area contributed by atoms with Crippen LogP contribution in [-0.2, 0) is 21.5 Å². The molecule has 4 heterocycles. The van der Waals surface area contributed by atoms with E-state index < -0.39 is 11.6 Å². The molecule has 0 saturated carbocycles. The first-order valence-electron chi connectivity index (χ1n) is 12.4. The van der Waals surface area contributed by atoms with E-state index in [-0.39, 0.29) is 35.8 Å². The maximum Gasteiger partial charge on any atom is 0.332 e. The number of nitrogens with zero attached hydrogens (tertiary/aromatic N) is 5. The number of rotatable bonds is 4. The van der Waals surface area contributed by atoms with Crippen molar-refractivity contribution in [1.82, 2.24) is 20.2 Å². The number of amides is 4. The van der Waals surface area contributed by atoms with E-state index in [9.17, 15) is 14.4 Å². The first-order chi connectivity index (χ1) is 17.0. The van der Waals surface area contributed by atoms with Crippen LogP contribution >= 0.6 is 0 Å². The smallest absolute Gasteiger partial charge is 0.332 e. The van der Waals surface area contributed by atoms with E-state index in [2.05, 4.69) is 29.1 Å². The summed E-state index contributed by atoms with van der Waals surface area (Å²) in [6.07, 6.45) is 4.43. The van der Waals surface area contributed by atoms with Crippen molar-refractivity contribution < 1.29 is 14.4 Å². The Hall–Kier alpha value is -3.53. The molecule has 3 aliphatic rings. The third-order valence-corrected chi connectivity index (χ3v) is 7.56. The van der Waals surface area contributed by atoms with E-state index in [1.54, 1.807) is 26.0 Å². The molecule has 2 fully saturated rings. The number of carbonyl (C=O) groups excluding carboxylic acids is 3. The molecule has 10 nitrogen and oxygen atoms in total. The summed E-state index contributed by atoms with van der Waals surface area (Å²) in [5.41, 5.74) is 7.17. The predicted molar refractivity (Wildman–Crippen MR) is 136 cm³/mol. The third kappa shape index (κ3) is 3.89. The maximum atomic E-state index is 13.6. The first-order valence-corrected chi connectivity index (χ1v) is 12.4. The van der Waals surface area contributed by atoms with Crippen LogP contribution in [0.5, 0.6) is 0 Å². The highest BCUT2D eigenvalue weighted by Gasteiger charge is 2.52. The Labute approximate surface area is 210 Å². The van der Waals surface area contributed by atoms with E-state index >= 15 is 0 Å². The Morgan fingerprint density at radius 1 is 1.17 bits per heavy atom. The fourth-order valence-electron chi connectivity index (χ4n) is 5.46. The number of hydrogen-bond acceptors (Lipinski definition) is 7. The van der Waals surface area contributed by atoms with Gasteiger partial charge in [0.15, 0.2) is 0 Å².